The summed E-state index contributed by atoms with van der Waals surface area (Å²) in [7, 11) is 0. The van der Waals surface area contributed by atoms with Crippen LogP contribution in [-0.4, -0.2) is 24.8 Å². The van der Waals surface area contributed by atoms with Crippen molar-refractivity contribution in [3.8, 4) is 0 Å². The van der Waals surface area contributed by atoms with E-state index >= 15 is 0 Å². The molecule has 7 heteroatoms. The molecule has 1 unspecified atom stereocenters. The van der Waals surface area contributed by atoms with Crippen LogP contribution < -0.4 is 15.5 Å². The molecule has 2 N–H and O–H groups in total. The number of carbonyl (C=O) groups excluding carboxylic acids is 2. The fraction of sp³-hybridized carbons (Fsp3) is 0.290. The van der Waals surface area contributed by atoms with E-state index in [1.807, 2.05) is 65.6 Å². The summed E-state index contributed by atoms with van der Waals surface area (Å²) in [6.45, 7) is 4.79. The maximum absolute atomic E-state index is 13.8. The summed E-state index contributed by atoms with van der Waals surface area (Å²) in [5.41, 5.74) is 4.94. The number of nitrogens with zero attached hydrogens (tertiary/aromatic N) is 1. The van der Waals surface area contributed by atoms with Crippen LogP contribution >= 0.6 is 23.2 Å². The molecule has 1 atom stereocenters. The Morgan fingerprint density at radius 3 is 2.53 bits per heavy atom. The predicted molar refractivity (Wildman–Crippen MR) is 155 cm³/mol. The van der Waals surface area contributed by atoms with Gasteiger partial charge in [-0.15, -0.1) is 0 Å². The zero-order chi connectivity index (χ0) is 26.9. The number of carbonyl (C=O) groups is 2. The third-order valence-electron chi connectivity index (χ3n) is 7.15. The van der Waals surface area contributed by atoms with Crippen molar-refractivity contribution in [2.45, 2.75) is 39.2 Å². The van der Waals surface area contributed by atoms with Crippen LogP contribution in [0.15, 0.2) is 84.1 Å². The maximum Gasteiger partial charge on any atom is 0.239 e. The first-order valence-corrected chi connectivity index (χ1v) is 13.6. The first-order valence-electron chi connectivity index (χ1n) is 12.9. The summed E-state index contributed by atoms with van der Waals surface area (Å²) >= 11 is 13.0. The molecule has 38 heavy (non-hydrogen) atoms. The van der Waals surface area contributed by atoms with Crippen LogP contribution in [0.4, 0.5) is 11.4 Å². The van der Waals surface area contributed by atoms with Gasteiger partial charge in [0.1, 0.15) is 0 Å². The molecule has 3 aromatic carbocycles. The van der Waals surface area contributed by atoms with Crippen molar-refractivity contribution in [1.82, 2.24) is 5.32 Å². The Labute approximate surface area is 233 Å². The minimum atomic E-state index is -0.547. The Hall–Kier alpha value is -3.28. The topological polar surface area (TPSA) is 61.4 Å². The highest BCUT2D eigenvalue weighted by molar-refractivity contribution is 6.35. The van der Waals surface area contributed by atoms with Gasteiger partial charge in [-0.05, 0) is 53.6 Å². The van der Waals surface area contributed by atoms with Gasteiger partial charge in [-0.2, -0.15) is 0 Å². The molecule has 196 valence electrons. The van der Waals surface area contributed by atoms with Crippen molar-refractivity contribution in [3.05, 3.63) is 105 Å². The van der Waals surface area contributed by atoms with E-state index in [9.17, 15) is 9.59 Å². The van der Waals surface area contributed by atoms with E-state index in [0.29, 0.717) is 35.0 Å². The smallest absolute Gasteiger partial charge is 0.239 e. The maximum atomic E-state index is 13.8. The van der Waals surface area contributed by atoms with Crippen LogP contribution in [0.5, 0.6) is 0 Å². The van der Waals surface area contributed by atoms with Gasteiger partial charge in [-0.1, -0.05) is 85.6 Å². The van der Waals surface area contributed by atoms with Crippen LogP contribution in [0, 0.1) is 5.41 Å². The summed E-state index contributed by atoms with van der Waals surface area (Å²) in [5, 5.41) is 7.60. The number of hydrogen-bond acceptors (Lipinski definition) is 4. The molecule has 0 aromatic heterocycles. The fourth-order valence-corrected chi connectivity index (χ4v) is 5.99. The van der Waals surface area contributed by atoms with Gasteiger partial charge in [-0.25, -0.2) is 0 Å². The molecule has 2 aliphatic rings. The van der Waals surface area contributed by atoms with Crippen LogP contribution in [-0.2, 0) is 16.0 Å². The van der Waals surface area contributed by atoms with Gasteiger partial charge < -0.3 is 15.5 Å². The number of ketones is 1. The SMILES string of the molecule is CC1(C)CC(=O)C2=C(C1)Nc1ccccc1N(CC(=O)NCCc1ccccc1)C2c1ccc(Cl)cc1Cl. The van der Waals surface area contributed by atoms with Crippen LogP contribution in [0.1, 0.15) is 43.9 Å². The molecule has 0 radical (unpaired) electrons. The highest BCUT2D eigenvalue weighted by atomic mass is 35.5. The van der Waals surface area contributed by atoms with Crippen molar-refractivity contribution < 1.29 is 9.59 Å². The van der Waals surface area contributed by atoms with E-state index in [-0.39, 0.29) is 23.7 Å². The third-order valence-corrected chi connectivity index (χ3v) is 7.72. The zero-order valence-electron chi connectivity index (χ0n) is 21.6. The normalized spacial score (nSPS) is 18.3. The molecule has 1 aliphatic carbocycles. The summed E-state index contributed by atoms with van der Waals surface area (Å²) in [6, 6.07) is 22.7. The van der Waals surface area contributed by atoms with E-state index in [1.54, 1.807) is 12.1 Å². The van der Waals surface area contributed by atoms with Crippen molar-refractivity contribution in [3.63, 3.8) is 0 Å². The number of amides is 1. The van der Waals surface area contributed by atoms with Gasteiger partial charge in [0.25, 0.3) is 0 Å². The number of benzene rings is 3. The number of fused-ring (bicyclic) bond motifs is 1. The highest BCUT2D eigenvalue weighted by Gasteiger charge is 2.42. The lowest BCUT2D eigenvalue weighted by Gasteiger charge is -2.38. The molecule has 5 rings (SSSR count). The number of anilines is 2. The number of halogens is 2. The van der Waals surface area contributed by atoms with E-state index < -0.39 is 6.04 Å². The first-order chi connectivity index (χ1) is 18.2. The lowest BCUT2D eigenvalue weighted by molar-refractivity contribution is -0.120. The monoisotopic (exact) mass is 547 g/mol. The molecule has 5 nitrogen and oxygen atoms in total. The number of hydrogen-bond donors (Lipinski definition) is 2. The van der Waals surface area contributed by atoms with Gasteiger partial charge in [0.15, 0.2) is 5.78 Å². The molecule has 1 heterocycles. The third kappa shape index (κ3) is 5.59. The van der Waals surface area contributed by atoms with Crippen LogP contribution in [0.2, 0.25) is 10.0 Å². The van der Waals surface area contributed by atoms with Gasteiger partial charge in [0.2, 0.25) is 5.91 Å². The Morgan fingerprint density at radius 1 is 1.03 bits per heavy atom. The molecule has 1 amide bonds. The minimum Gasteiger partial charge on any atom is -0.357 e. The molecule has 0 fully saturated rings. The van der Waals surface area contributed by atoms with E-state index in [0.717, 1.165) is 34.6 Å². The quantitative estimate of drug-likeness (QED) is 0.349. The Bertz CT molecular complexity index is 1400. The molecule has 0 bridgehead atoms. The summed E-state index contributed by atoms with van der Waals surface area (Å²) in [5.74, 6) is -0.0690. The molecule has 3 aromatic rings. The second-order valence-electron chi connectivity index (χ2n) is 10.8. The largest absolute Gasteiger partial charge is 0.357 e. The average molecular weight is 549 g/mol. The molecule has 0 spiro atoms. The number of nitrogens with one attached hydrogen (secondary N) is 2. The summed E-state index contributed by atoms with van der Waals surface area (Å²) in [4.78, 5) is 29.1. The Balaban J connectivity index is 1.55. The van der Waals surface area contributed by atoms with Crippen molar-refractivity contribution >= 4 is 46.3 Å². The predicted octanol–water partition coefficient (Wildman–Crippen LogP) is 6.97. The van der Waals surface area contributed by atoms with Crippen LogP contribution in [0.3, 0.4) is 0 Å². The van der Waals surface area contributed by atoms with Crippen molar-refractivity contribution in [2.75, 3.05) is 23.3 Å². The fourth-order valence-electron chi connectivity index (χ4n) is 5.48. The van der Waals surface area contributed by atoms with Crippen molar-refractivity contribution in [2.24, 2.45) is 5.41 Å². The second-order valence-corrected chi connectivity index (χ2v) is 11.6. The average Bonchev–Trinajstić information content (AvgIpc) is 2.98. The van der Waals surface area contributed by atoms with E-state index in [4.69, 9.17) is 23.2 Å². The lowest BCUT2D eigenvalue weighted by Crippen LogP contribution is -2.42. The zero-order valence-corrected chi connectivity index (χ0v) is 23.1. The molecular weight excluding hydrogens is 517 g/mol. The van der Waals surface area contributed by atoms with E-state index in [2.05, 4.69) is 24.5 Å². The number of para-hydroxylation sites is 2. The highest BCUT2D eigenvalue weighted by Crippen LogP contribution is 2.49. The van der Waals surface area contributed by atoms with Crippen molar-refractivity contribution in [1.29, 1.82) is 0 Å². The summed E-state index contributed by atoms with van der Waals surface area (Å²) < 4.78 is 0. The van der Waals surface area contributed by atoms with Gasteiger partial charge in [0.05, 0.1) is 24.0 Å². The number of rotatable bonds is 6. The molecule has 0 saturated carbocycles. The molecule has 1 aliphatic heterocycles. The van der Waals surface area contributed by atoms with Gasteiger partial charge in [0, 0.05) is 34.3 Å². The molecular formula is C31H31Cl2N3O2. The standard InChI is InChI=1S/C31H31Cl2N3O2/c1-31(2)17-25-29(27(37)18-31)30(22-13-12-21(32)16-23(22)33)36(26-11-7-6-10-24(26)35-25)19-28(38)34-15-14-20-8-4-3-5-9-20/h3-13,16,30,35H,14-15,17-19H2,1-2H3,(H,34,38). The minimum absolute atomic E-state index is 0.0575. The van der Waals surface area contributed by atoms with Gasteiger partial charge >= 0.3 is 0 Å². The Kier molecular flexibility index (Phi) is 7.51. The Morgan fingerprint density at radius 2 is 1.76 bits per heavy atom. The van der Waals surface area contributed by atoms with Crippen LogP contribution in [0.25, 0.3) is 0 Å². The lowest BCUT2D eigenvalue weighted by atomic mass is 9.73. The number of allylic oxidation sites excluding steroid dienone is 1. The summed E-state index contributed by atoms with van der Waals surface area (Å²) in [6.07, 6.45) is 1.87. The number of Topliss-reactive ketones (excluding diaryl/α,β-unsaturated/α-hetero) is 1. The second kappa shape index (κ2) is 10.8. The first kappa shape index (κ1) is 26.3. The van der Waals surface area contributed by atoms with Gasteiger partial charge in [-0.3, -0.25) is 9.59 Å². The molecule has 0 saturated heterocycles. The van der Waals surface area contributed by atoms with E-state index in [1.165, 1.54) is 0 Å².